The Labute approximate surface area is 121 Å². The molecule has 2 aromatic rings. The SMILES string of the molecule is COc1ccc(CC#N)nc1-c1cc(Cl)c(F)cc1C. The molecule has 0 aliphatic carbocycles. The minimum Gasteiger partial charge on any atom is -0.494 e. The van der Waals surface area contributed by atoms with Gasteiger partial charge in [-0.2, -0.15) is 5.26 Å². The van der Waals surface area contributed by atoms with Crippen LogP contribution in [0.3, 0.4) is 0 Å². The second-order valence-electron chi connectivity index (χ2n) is 4.27. The van der Waals surface area contributed by atoms with Crippen LogP contribution in [0.4, 0.5) is 4.39 Å². The van der Waals surface area contributed by atoms with Gasteiger partial charge in [-0.1, -0.05) is 11.6 Å². The number of halogens is 2. The maximum atomic E-state index is 13.4. The first-order valence-corrected chi connectivity index (χ1v) is 6.31. The summed E-state index contributed by atoms with van der Waals surface area (Å²) in [5.41, 5.74) is 2.57. The summed E-state index contributed by atoms with van der Waals surface area (Å²) in [6, 6.07) is 8.39. The first-order chi connectivity index (χ1) is 9.56. The van der Waals surface area contributed by atoms with Gasteiger partial charge in [0.05, 0.1) is 30.3 Å². The average Bonchev–Trinajstić information content (AvgIpc) is 2.43. The molecule has 20 heavy (non-hydrogen) atoms. The van der Waals surface area contributed by atoms with E-state index in [1.165, 1.54) is 19.2 Å². The van der Waals surface area contributed by atoms with Gasteiger partial charge in [0, 0.05) is 5.56 Å². The molecule has 1 aromatic heterocycles. The summed E-state index contributed by atoms with van der Waals surface area (Å²) >= 11 is 5.84. The number of aryl methyl sites for hydroxylation is 1. The lowest BCUT2D eigenvalue weighted by Crippen LogP contribution is -1.98. The highest BCUT2D eigenvalue weighted by molar-refractivity contribution is 6.31. The Hall–Kier alpha value is -2.12. The van der Waals surface area contributed by atoms with Crippen molar-refractivity contribution in [2.75, 3.05) is 7.11 Å². The van der Waals surface area contributed by atoms with Crippen molar-refractivity contribution < 1.29 is 9.13 Å². The van der Waals surface area contributed by atoms with Gasteiger partial charge in [0.2, 0.25) is 0 Å². The van der Waals surface area contributed by atoms with E-state index in [0.717, 1.165) is 0 Å². The number of rotatable bonds is 3. The summed E-state index contributed by atoms with van der Waals surface area (Å²) in [5, 5.41) is 8.78. The van der Waals surface area contributed by atoms with Crippen molar-refractivity contribution in [3.63, 3.8) is 0 Å². The number of nitriles is 1. The highest BCUT2D eigenvalue weighted by atomic mass is 35.5. The standard InChI is InChI=1S/C15H12ClFN2O/c1-9-7-13(17)12(16)8-11(9)15-14(20-2)4-3-10(19-15)5-6-18/h3-4,7-8H,5H2,1-2H3. The Morgan fingerprint density at radius 2 is 2.15 bits per heavy atom. The first kappa shape index (κ1) is 14.3. The van der Waals surface area contributed by atoms with Crippen LogP contribution in [-0.4, -0.2) is 12.1 Å². The molecule has 102 valence electrons. The number of aromatic nitrogens is 1. The maximum absolute atomic E-state index is 13.4. The largest absolute Gasteiger partial charge is 0.494 e. The van der Waals surface area contributed by atoms with Crippen LogP contribution < -0.4 is 4.74 Å². The van der Waals surface area contributed by atoms with Crippen LogP contribution in [0.1, 0.15) is 11.3 Å². The van der Waals surface area contributed by atoms with Crippen molar-refractivity contribution in [3.05, 3.63) is 46.4 Å². The third-order valence-electron chi connectivity index (χ3n) is 2.92. The van der Waals surface area contributed by atoms with E-state index in [2.05, 4.69) is 4.98 Å². The Morgan fingerprint density at radius 3 is 2.80 bits per heavy atom. The van der Waals surface area contributed by atoms with Crippen molar-refractivity contribution in [1.82, 2.24) is 4.98 Å². The third-order valence-corrected chi connectivity index (χ3v) is 3.21. The van der Waals surface area contributed by atoms with Crippen LogP contribution in [0.25, 0.3) is 11.3 Å². The molecule has 3 nitrogen and oxygen atoms in total. The van der Waals surface area contributed by atoms with E-state index in [1.807, 2.05) is 6.07 Å². The zero-order chi connectivity index (χ0) is 14.7. The molecular formula is C15H12ClFN2O. The van der Waals surface area contributed by atoms with Gasteiger partial charge in [0.15, 0.2) is 0 Å². The van der Waals surface area contributed by atoms with Gasteiger partial charge in [0.25, 0.3) is 0 Å². The molecule has 0 fully saturated rings. The summed E-state index contributed by atoms with van der Waals surface area (Å²) in [7, 11) is 1.53. The van der Waals surface area contributed by atoms with Gasteiger partial charge in [-0.05, 0) is 36.8 Å². The Morgan fingerprint density at radius 1 is 1.40 bits per heavy atom. The van der Waals surface area contributed by atoms with Crippen molar-refractivity contribution in [2.24, 2.45) is 0 Å². The molecule has 0 saturated carbocycles. The van der Waals surface area contributed by atoms with Gasteiger partial charge in [0.1, 0.15) is 17.3 Å². The molecule has 0 aliphatic heterocycles. The van der Waals surface area contributed by atoms with Crippen molar-refractivity contribution in [3.8, 4) is 23.1 Å². The van der Waals surface area contributed by atoms with Crippen LogP contribution in [0.5, 0.6) is 5.75 Å². The minimum absolute atomic E-state index is 0.0279. The van der Waals surface area contributed by atoms with E-state index in [4.69, 9.17) is 21.6 Å². The molecule has 0 spiro atoms. The quantitative estimate of drug-likeness (QED) is 0.860. The Bertz CT molecular complexity index is 695. The van der Waals surface area contributed by atoms with Gasteiger partial charge in [-0.15, -0.1) is 0 Å². The monoisotopic (exact) mass is 290 g/mol. The fourth-order valence-electron chi connectivity index (χ4n) is 1.93. The first-order valence-electron chi connectivity index (χ1n) is 5.93. The molecule has 0 unspecified atom stereocenters. The van der Waals surface area contributed by atoms with E-state index in [1.54, 1.807) is 19.1 Å². The lowest BCUT2D eigenvalue weighted by molar-refractivity contribution is 0.414. The van der Waals surface area contributed by atoms with Crippen LogP contribution in [0.15, 0.2) is 24.3 Å². The van der Waals surface area contributed by atoms with Crippen LogP contribution in [0, 0.1) is 24.1 Å². The molecule has 0 radical (unpaired) electrons. The molecule has 0 N–H and O–H groups in total. The van der Waals surface area contributed by atoms with Crippen molar-refractivity contribution >= 4 is 11.6 Å². The smallest absolute Gasteiger partial charge is 0.145 e. The molecule has 1 aromatic carbocycles. The van der Waals surface area contributed by atoms with Crippen molar-refractivity contribution in [1.29, 1.82) is 5.26 Å². The second kappa shape index (κ2) is 5.89. The summed E-state index contributed by atoms with van der Waals surface area (Å²) < 4.78 is 18.7. The fraction of sp³-hybridized carbons (Fsp3) is 0.200. The number of hydrogen-bond donors (Lipinski definition) is 0. The van der Waals surface area contributed by atoms with Gasteiger partial charge in [-0.3, -0.25) is 0 Å². The summed E-state index contributed by atoms with van der Waals surface area (Å²) in [5.74, 6) is 0.0810. The number of nitrogens with zero attached hydrogens (tertiary/aromatic N) is 2. The minimum atomic E-state index is -0.472. The summed E-state index contributed by atoms with van der Waals surface area (Å²) in [4.78, 5) is 4.41. The second-order valence-corrected chi connectivity index (χ2v) is 4.68. The molecule has 2 rings (SSSR count). The van der Waals surface area contributed by atoms with Gasteiger partial charge in [-0.25, -0.2) is 9.37 Å². The molecule has 0 aliphatic rings. The molecule has 0 saturated heterocycles. The Balaban J connectivity index is 2.64. The van der Waals surface area contributed by atoms with Crippen LogP contribution in [-0.2, 0) is 6.42 Å². The maximum Gasteiger partial charge on any atom is 0.145 e. The van der Waals surface area contributed by atoms with E-state index in [-0.39, 0.29) is 11.4 Å². The van der Waals surface area contributed by atoms with Gasteiger partial charge >= 0.3 is 0 Å². The highest BCUT2D eigenvalue weighted by Gasteiger charge is 2.14. The lowest BCUT2D eigenvalue weighted by atomic mass is 10.0. The molecule has 1 heterocycles. The zero-order valence-electron chi connectivity index (χ0n) is 11.1. The Kier molecular flexibility index (Phi) is 4.21. The summed E-state index contributed by atoms with van der Waals surface area (Å²) in [6.45, 7) is 1.77. The highest BCUT2D eigenvalue weighted by Crippen LogP contribution is 2.33. The van der Waals surface area contributed by atoms with E-state index in [0.29, 0.717) is 28.3 Å². The van der Waals surface area contributed by atoms with E-state index in [9.17, 15) is 4.39 Å². The number of benzene rings is 1. The fourth-order valence-corrected chi connectivity index (χ4v) is 2.09. The summed E-state index contributed by atoms with van der Waals surface area (Å²) in [6.07, 6.45) is 0.199. The number of ether oxygens (including phenoxy) is 1. The molecule has 0 amide bonds. The normalized spacial score (nSPS) is 10.2. The van der Waals surface area contributed by atoms with E-state index >= 15 is 0 Å². The number of hydrogen-bond acceptors (Lipinski definition) is 3. The lowest BCUT2D eigenvalue weighted by Gasteiger charge is -2.12. The predicted octanol–water partition coefficient (Wildman–Crippen LogP) is 3.92. The van der Waals surface area contributed by atoms with Gasteiger partial charge < -0.3 is 4.74 Å². The molecule has 0 atom stereocenters. The average molecular weight is 291 g/mol. The molecule has 5 heteroatoms. The number of pyridine rings is 1. The van der Waals surface area contributed by atoms with Crippen molar-refractivity contribution in [2.45, 2.75) is 13.3 Å². The van der Waals surface area contributed by atoms with Crippen LogP contribution >= 0.6 is 11.6 Å². The number of methoxy groups -OCH3 is 1. The topological polar surface area (TPSA) is 45.9 Å². The van der Waals surface area contributed by atoms with Crippen LogP contribution in [0.2, 0.25) is 5.02 Å². The predicted molar refractivity (Wildman–Crippen MR) is 75.2 cm³/mol. The molecule has 0 bridgehead atoms. The third kappa shape index (κ3) is 2.73. The molecular weight excluding hydrogens is 279 g/mol. The van der Waals surface area contributed by atoms with E-state index < -0.39 is 5.82 Å². The zero-order valence-corrected chi connectivity index (χ0v) is 11.8.